The lowest BCUT2D eigenvalue weighted by Crippen LogP contribution is -2.18. The molecule has 0 atom stereocenters. The molecule has 0 amide bonds. The summed E-state index contributed by atoms with van der Waals surface area (Å²) in [6.45, 7) is 1.74. The summed E-state index contributed by atoms with van der Waals surface area (Å²) in [5, 5.41) is 4.08. The first kappa shape index (κ1) is 13.4. The summed E-state index contributed by atoms with van der Waals surface area (Å²) < 4.78 is 5.15. The Bertz CT molecular complexity index is 620. The molecular formula is C14H19N3O2. The Balaban J connectivity index is 2.25. The first-order valence-corrected chi connectivity index (χ1v) is 6.29. The van der Waals surface area contributed by atoms with Gasteiger partial charge in [-0.3, -0.25) is 0 Å². The second kappa shape index (κ2) is 5.75. The van der Waals surface area contributed by atoms with Crippen molar-refractivity contribution in [2.45, 2.75) is 6.42 Å². The lowest BCUT2D eigenvalue weighted by atomic mass is 10.2. The lowest BCUT2D eigenvalue weighted by Gasteiger charge is -2.13. The second-order valence-electron chi connectivity index (χ2n) is 4.76. The fourth-order valence-corrected chi connectivity index (χ4v) is 1.96. The van der Waals surface area contributed by atoms with Gasteiger partial charge in [-0.05, 0) is 39.2 Å². The van der Waals surface area contributed by atoms with Gasteiger partial charge < -0.3 is 20.4 Å². The number of hydrogen-bond acceptors (Lipinski definition) is 5. The zero-order valence-corrected chi connectivity index (χ0v) is 11.3. The fraction of sp³-hybridized carbons (Fsp3) is 0.357. The van der Waals surface area contributed by atoms with E-state index in [1.807, 2.05) is 32.3 Å². The van der Waals surface area contributed by atoms with Crippen molar-refractivity contribution in [2.75, 3.05) is 38.2 Å². The van der Waals surface area contributed by atoms with Crippen LogP contribution in [0.15, 0.2) is 33.5 Å². The standard InChI is InChI=1S/C14H19N3O2/c1-17(2)9-5-8-16-13-10-6-3-4-7-11(10)19-14(18)12(13)15/h3-4,6-7,16H,5,8-9,15H2,1-2H3. The van der Waals surface area contributed by atoms with Gasteiger partial charge in [0.25, 0.3) is 0 Å². The number of para-hydroxylation sites is 1. The number of benzene rings is 1. The van der Waals surface area contributed by atoms with Crippen LogP contribution in [0.4, 0.5) is 11.4 Å². The molecule has 0 spiro atoms. The highest BCUT2D eigenvalue weighted by molar-refractivity contribution is 5.95. The monoisotopic (exact) mass is 261 g/mol. The van der Waals surface area contributed by atoms with Crippen molar-refractivity contribution in [1.29, 1.82) is 0 Å². The zero-order valence-electron chi connectivity index (χ0n) is 11.3. The second-order valence-corrected chi connectivity index (χ2v) is 4.76. The number of nitrogens with two attached hydrogens (primary N) is 1. The maximum Gasteiger partial charge on any atom is 0.361 e. The Labute approximate surface area is 112 Å². The molecule has 1 heterocycles. The fourth-order valence-electron chi connectivity index (χ4n) is 1.96. The van der Waals surface area contributed by atoms with Crippen LogP contribution in [0.5, 0.6) is 0 Å². The van der Waals surface area contributed by atoms with Crippen LogP contribution in [0.1, 0.15) is 6.42 Å². The molecule has 0 fully saturated rings. The normalized spacial score (nSPS) is 11.1. The summed E-state index contributed by atoms with van der Waals surface area (Å²) in [5.74, 6) is 0. The number of anilines is 2. The van der Waals surface area contributed by atoms with Crippen LogP contribution in [0, 0.1) is 0 Å². The minimum atomic E-state index is -0.492. The lowest BCUT2D eigenvalue weighted by molar-refractivity contribution is 0.405. The van der Waals surface area contributed by atoms with E-state index in [-0.39, 0.29) is 5.69 Å². The Hall–Kier alpha value is -2.01. The first-order chi connectivity index (χ1) is 9.09. The van der Waals surface area contributed by atoms with Gasteiger partial charge in [0.1, 0.15) is 11.3 Å². The highest BCUT2D eigenvalue weighted by Crippen LogP contribution is 2.26. The SMILES string of the molecule is CN(C)CCCNc1c(N)c(=O)oc2ccccc12. The van der Waals surface area contributed by atoms with Gasteiger partial charge in [-0.1, -0.05) is 12.1 Å². The summed E-state index contributed by atoms with van der Waals surface area (Å²) >= 11 is 0. The van der Waals surface area contributed by atoms with Crippen LogP contribution >= 0.6 is 0 Å². The van der Waals surface area contributed by atoms with Gasteiger partial charge in [-0.2, -0.15) is 0 Å². The van der Waals surface area contributed by atoms with Crippen molar-refractivity contribution in [1.82, 2.24) is 4.90 Å². The summed E-state index contributed by atoms with van der Waals surface area (Å²) in [6.07, 6.45) is 0.973. The smallest absolute Gasteiger partial charge is 0.361 e. The van der Waals surface area contributed by atoms with Crippen molar-refractivity contribution in [3.63, 3.8) is 0 Å². The van der Waals surface area contributed by atoms with E-state index in [0.29, 0.717) is 11.3 Å². The van der Waals surface area contributed by atoms with E-state index in [4.69, 9.17) is 10.2 Å². The molecule has 2 rings (SSSR count). The first-order valence-electron chi connectivity index (χ1n) is 6.29. The molecule has 5 heteroatoms. The number of nitrogens with one attached hydrogen (secondary N) is 1. The van der Waals surface area contributed by atoms with Crippen molar-refractivity contribution >= 4 is 22.3 Å². The molecule has 0 aliphatic heterocycles. The molecule has 0 radical (unpaired) electrons. The molecule has 0 aliphatic carbocycles. The maximum atomic E-state index is 11.7. The van der Waals surface area contributed by atoms with Crippen molar-refractivity contribution < 1.29 is 4.42 Å². The van der Waals surface area contributed by atoms with Crippen molar-refractivity contribution in [3.8, 4) is 0 Å². The molecule has 0 bridgehead atoms. The largest absolute Gasteiger partial charge is 0.421 e. The number of fused-ring (bicyclic) bond motifs is 1. The molecule has 5 nitrogen and oxygen atoms in total. The number of nitrogens with zero attached hydrogens (tertiary/aromatic N) is 1. The van der Waals surface area contributed by atoms with Gasteiger partial charge >= 0.3 is 5.63 Å². The van der Waals surface area contributed by atoms with Gasteiger partial charge in [0.15, 0.2) is 0 Å². The average molecular weight is 261 g/mol. The van der Waals surface area contributed by atoms with Crippen LogP contribution in [0.3, 0.4) is 0 Å². The van der Waals surface area contributed by atoms with E-state index in [0.717, 1.165) is 24.9 Å². The van der Waals surface area contributed by atoms with E-state index in [2.05, 4.69) is 10.2 Å². The van der Waals surface area contributed by atoms with Crippen LogP contribution < -0.4 is 16.7 Å². The Morgan fingerprint density at radius 3 is 2.79 bits per heavy atom. The van der Waals surface area contributed by atoms with Gasteiger partial charge in [-0.15, -0.1) is 0 Å². The molecule has 3 N–H and O–H groups in total. The molecule has 1 aromatic heterocycles. The number of hydrogen-bond donors (Lipinski definition) is 2. The summed E-state index contributed by atoms with van der Waals surface area (Å²) in [6, 6.07) is 7.38. The highest BCUT2D eigenvalue weighted by atomic mass is 16.4. The minimum absolute atomic E-state index is 0.142. The maximum absolute atomic E-state index is 11.7. The van der Waals surface area contributed by atoms with Crippen LogP contribution in [0.25, 0.3) is 11.0 Å². The topological polar surface area (TPSA) is 71.5 Å². The van der Waals surface area contributed by atoms with E-state index < -0.39 is 5.63 Å². The third-order valence-corrected chi connectivity index (χ3v) is 2.93. The van der Waals surface area contributed by atoms with Gasteiger partial charge in [0.2, 0.25) is 0 Å². The van der Waals surface area contributed by atoms with E-state index in [1.54, 1.807) is 6.07 Å². The van der Waals surface area contributed by atoms with Gasteiger partial charge in [0, 0.05) is 11.9 Å². The molecule has 0 saturated carbocycles. The van der Waals surface area contributed by atoms with Gasteiger partial charge in [-0.25, -0.2) is 4.79 Å². The molecule has 0 unspecified atom stereocenters. The number of rotatable bonds is 5. The van der Waals surface area contributed by atoms with Crippen LogP contribution in [-0.2, 0) is 0 Å². The zero-order chi connectivity index (χ0) is 13.8. The Kier molecular flexibility index (Phi) is 4.06. The molecule has 1 aromatic carbocycles. The Morgan fingerprint density at radius 1 is 1.32 bits per heavy atom. The summed E-state index contributed by atoms with van der Waals surface area (Å²) in [5.41, 5.74) is 6.69. The van der Waals surface area contributed by atoms with Crippen LogP contribution in [-0.4, -0.2) is 32.1 Å². The highest BCUT2D eigenvalue weighted by Gasteiger charge is 2.10. The molecule has 0 aliphatic rings. The van der Waals surface area contributed by atoms with Gasteiger partial charge in [0.05, 0.1) is 5.69 Å². The average Bonchev–Trinajstić information content (AvgIpc) is 2.38. The Morgan fingerprint density at radius 2 is 2.05 bits per heavy atom. The third-order valence-electron chi connectivity index (χ3n) is 2.93. The quantitative estimate of drug-likeness (QED) is 0.633. The summed E-state index contributed by atoms with van der Waals surface area (Å²) in [7, 11) is 4.06. The minimum Gasteiger partial charge on any atom is -0.421 e. The summed E-state index contributed by atoms with van der Waals surface area (Å²) in [4.78, 5) is 13.8. The predicted octanol–water partition coefficient (Wildman–Crippen LogP) is 1.74. The molecule has 102 valence electrons. The van der Waals surface area contributed by atoms with Crippen molar-refractivity contribution in [3.05, 3.63) is 34.7 Å². The van der Waals surface area contributed by atoms with E-state index >= 15 is 0 Å². The third kappa shape index (κ3) is 3.06. The van der Waals surface area contributed by atoms with E-state index in [9.17, 15) is 4.79 Å². The van der Waals surface area contributed by atoms with E-state index in [1.165, 1.54) is 0 Å². The molecule has 0 saturated heterocycles. The molecular weight excluding hydrogens is 242 g/mol. The number of nitrogen functional groups attached to an aromatic ring is 1. The van der Waals surface area contributed by atoms with Crippen LogP contribution in [0.2, 0.25) is 0 Å². The predicted molar refractivity (Wildman–Crippen MR) is 78.6 cm³/mol. The van der Waals surface area contributed by atoms with Crippen molar-refractivity contribution in [2.24, 2.45) is 0 Å². The molecule has 2 aromatic rings. The molecule has 19 heavy (non-hydrogen) atoms.